The lowest BCUT2D eigenvalue weighted by Gasteiger charge is -2.40. The summed E-state index contributed by atoms with van der Waals surface area (Å²) in [5.74, 6) is -4.65. The zero-order valence-corrected chi connectivity index (χ0v) is 11.0. The fourth-order valence-electron chi connectivity index (χ4n) is 3.31. The van der Waals surface area contributed by atoms with Crippen molar-refractivity contribution in [2.75, 3.05) is 6.67 Å². The molecule has 0 saturated heterocycles. The van der Waals surface area contributed by atoms with Crippen LogP contribution in [0.5, 0.6) is 0 Å². The molecule has 0 bridgehead atoms. The smallest absolute Gasteiger partial charge is 0.283 e. The Hall–Kier alpha value is -1.79. The van der Waals surface area contributed by atoms with Gasteiger partial charge in [-0.3, -0.25) is 0 Å². The van der Waals surface area contributed by atoms with Crippen LogP contribution in [0, 0.1) is 11.7 Å². The number of benzene rings is 1. The number of rotatable bonds is 2. The van der Waals surface area contributed by atoms with Gasteiger partial charge in [-0.15, -0.1) is 0 Å². The molecule has 3 nitrogen and oxygen atoms in total. The number of alkyl halides is 3. The van der Waals surface area contributed by atoms with Gasteiger partial charge in [-0.2, -0.15) is 0 Å². The van der Waals surface area contributed by atoms with Crippen LogP contribution in [0.3, 0.4) is 0 Å². The van der Waals surface area contributed by atoms with Gasteiger partial charge in [0.05, 0.1) is 0 Å². The van der Waals surface area contributed by atoms with E-state index >= 15 is 0 Å². The highest BCUT2D eigenvalue weighted by Crippen LogP contribution is 2.52. The molecule has 114 valence electrons. The second-order valence-corrected chi connectivity index (χ2v) is 5.51. The van der Waals surface area contributed by atoms with Crippen LogP contribution in [0.25, 0.3) is 0 Å². The first-order chi connectivity index (χ1) is 9.88. The zero-order chi connectivity index (χ0) is 15.3. The van der Waals surface area contributed by atoms with Crippen LogP contribution in [-0.4, -0.2) is 24.7 Å². The Morgan fingerprint density at radius 3 is 2.67 bits per heavy atom. The quantitative estimate of drug-likeness (QED) is 0.854. The maximum absolute atomic E-state index is 14.1. The SMILES string of the molecule is NC1=NC(CF)(c2ccccc2F)C2CC(F)(F)CC2O1. The van der Waals surface area contributed by atoms with Gasteiger partial charge in [0.1, 0.15) is 24.1 Å². The fraction of sp³-hybridized carbons (Fsp3) is 0.500. The van der Waals surface area contributed by atoms with E-state index < -0.39 is 48.8 Å². The highest BCUT2D eigenvalue weighted by molar-refractivity contribution is 5.73. The molecule has 3 rings (SSSR count). The van der Waals surface area contributed by atoms with E-state index in [1.54, 1.807) is 0 Å². The minimum Gasteiger partial charge on any atom is -0.461 e. The summed E-state index contributed by atoms with van der Waals surface area (Å²) in [6.07, 6.45) is -2.13. The van der Waals surface area contributed by atoms with Crippen molar-refractivity contribution in [1.82, 2.24) is 0 Å². The number of halogens is 4. The fourth-order valence-corrected chi connectivity index (χ4v) is 3.31. The van der Waals surface area contributed by atoms with E-state index in [0.717, 1.165) is 6.07 Å². The molecule has 0 aromatic heterocycles. The Bertz CT molecular complexity index is 592. The molecule has 3 atom stereocenters. The molecule has 0 spiro atoms. The van der Waals surface area contributed by atoms with Gasteiger partial charge in [0.15, 0.2) is 0 Å². The molecular weight excluding hydrogens is 288 g/mol. The van der Waals surface area contributed by atoms with Gasteiger partial charge in [-0.05, 0) is 6.07 Å². The molecule has 2 N–H and O–H groups in total. The van der Waals surface area contributed by atoms with Crippen LogP contribution in [0.15, 0.2) is 29.3 Å². The Morgan fingerprint density at radius 2 is 2.00 bits per heavy atom. The van der Waals surface area contributed by atoms with E-state index in [1.807, 2.05) is 0 Å². The standard InChI is InChI=1S/C14H14F4N2O/c15-7-14(8-3-1-2-4-10(8)16)9-5-13(17,18)6-11(9)21-12(19)20-14/h1-4,9,11H,5-7H2,(H2,19,20). The van der Waals surface area contributed by atoms with Crippen LogP contribution >= 0.6 is 0 Å². The largest absolute Gasteiger partial charge is 0.461 e. The molecule has 1 aromatic carbocycles. The van der Waals surface area contributed by atoms with Crippen LogP contribution in [0.2, 0.25) is 0 Å². The van der Waals surface area contributed by atoms with E-state index in [-0.39, 0.29) is 11.6 Å². The number of nitrogens with two attached hydrogens (primary N) is 1. The Morgan fingerprint density at radius 1 is 1.29 bits per heavy atom. The maximum Gasteiger partial charge on any atom is 0.283 e. The number of nitrogens with zero attached hydrogens (tertiary/aromatic N) is 1. The molecule has 1 aliphatic heterocycles. The van der Waals surface area contributed by atoms with Crippen LogP contribution in [-0.2, 0) is 10.3 Å². The van der Waals surface area contributed by atoms with Crippen LogP contribution in [0.4, 0.5) is 17.6 Å². The Labute approximate surface area is 118 Å². The molecule has 0 radical (unpaired) electrons. The number of hydrogen-bond acceptors (Lipinski definition) is 3. The van der Waals surface area contributed by atoms with Gasteiger partial charge < -0.3 is 10.5 Å². The number of ether oxygens (including phenoxy) is 1. The summed E-state index contributed by atoms with van der Waals surface area (Å²) in [6, 6.07) is 5.08. The van der Waals surface area contributed by atoms with Crippen molar-refractivity contribution in [3.05, 3.63) is 35.6 Å². The summed E-state index contributed by atoms with van der Waals surface area (Å²) in [7, 11) is 0. The van der Waals surface area contributed by atoms with Crippen molar-refractivity contribution in [3.8, 4) is 0 Å². The maximum atomic E-state index is 14.1. The van der Waals surface area contributed by atoms with E-state index in [2.05, 4.69) is 4.99 Å². The highest BCUT2D eigenvalue weighted by atomic mass is 19.3. The molecule has 0 amide bonds. The molecule has 3 unspecified atom stereocenters. The summed E-state index contributed by atoms with van der Waals surface area (Å²) in [5.41, 5.74) is 3.70. The average molecular weight is 302 g/mol. The third kappa shape index (κ3) is 2.15. The normalized spacial score (nSPS) is 34.0. The third-order valence-electron chi connectivity index (χ3n) is 4.21. The first-order valence-electron chi connectivity index (χ1n) is 6.59. The summed E-state index contributed by atoms with van der Waals surface area (Å²) >= 11 is 0. The molecule has 2 aliphatic rings. The monoisotopic (exact) mass is 302 g/mol. The first kappa shape index (κ1) is 14.2. The number of amidine groups is 1. The van der Waals surface area contributed by atoms with E-state index in [4.69, 9.17) is 10.5 Å². The van der Waals surface area contributed by atoms with E-state index in [0.29, 0.717) is 0 Å². The minimum absolute atomic E-state index is 0.0635. The van der Waals surface area contributed by atoms with Crippen molar-refractivity contribution in [1.29, 1.82) is 0 Å². The summed E-state index contributed by atoms with van der Waals surface area (Å²) < 4.78 is 60.4. The lowest BCUT2D eigenvalue weighted by Crippen LogP contribution is -2.48. The van der Waals surface area contributed by atoms with Crippen molar-refractivity contribution >= 4 is 6.02 Å². The van der Waals surface area contributed by atoms with Gasteiger partial charge in [0.25, 0.3) is 11.9 Å². The van der Waals surface area contributed by atoms with Gasteiger partial charge in [-0.25, -0.2) is 22.6 Å². The van der Waals surface area contributed by atoms with Gasteiger partial charge in [0, 0.05) is 24.3 Å². The average Bonchev–Trinajstić information content (AvgIpc) is 2.72. The lowest BCUT2D eigenvalue weighted by molar-refractivity contribution is -0.00299. The van der Waals surface area contributed by atoms with Crippen molar-refractivity contribution < 1.29 is 22.3 Å². The lowest BCUT2D eigenvalue weighted by atomic mass is 9.76. The second-order valence-electron chi connectivity index (χ2n) is 5.51. The van der Waals surface area contributed by atoms with Crippen molar-refractivity contribution in [2.45, 2.75) is 30.4 Å². The summed E-state index contributed by atoms with van der Waals surface area (Å²) in [6.45, 7) is -1.12. The summed E-state index contributed by atoms with van der Waals surface area (Å²) in [4.78, 5) is 3.90. The van der Waals surface area contributed by atoms with E-state index in [1.165, 1.54) is 18.2 Å². The molecular formula is C14H14F4N2O. The third-order valence-corrected chi connectivity index (χ3v) is 4.21. The molecule has 1 saturated carbocycles. The number of aliphatic imine (C=N–C) groups is 1. The predicted octanol–water partition coefficient (Wildman–Crippen LogP) is 2.75. The zero-order valence-electron chi connectivity index (χ0n) is 11.0. The van der Waals surface area contributed by atoms with Gasteiger partial charge >= 0.3 is 0 Å². The highest BCUT2D eigenvalue weighted by Gasteiger charge is 2.60. The molecule has 7 heteroatoms. The van der Waals surface area contributed by atoms with Crippen LogP contribution in [0.1, 0.15) is 18.4 Å². The predicted molar refractivity (Wildman–Crippen MR) is 68.2 cm³/mol. The topological polar surface area (TPSA) is 47.6 Å². The molecule has 1 aliphatic carbocycles. The molecule has 1 aromatic rings. The van der Waals surface area contributed by atoms with Crippen LogP contribution < -0.4 is 5.73 Å². The Kier molecular flexibility index (Phi) is 3.11. The van der Waals surface area contributed by atoms with Crippen molar-refractivity contribution in [2.24, 2.45) is 16.6 Å². The van der Waals surface area contributed by atoms with Crippen molar-refractivity contribution in [3.63, 3.8) is 0 Å². The molecule has 21 heavy (non-hydrogen) atoms. The second kappa shape index (κ2) is 4.61. The molecule has 1 heterocycles. The first-order valence-corrected chi connectivity index (χ1v) is 6.59. The Balaban J connectivity index is 2.15. The van der Waals surface area contributed by atoms with Gasteiger partial charge in [-0.1, -0.05) is 18.2 Å². The number of hydrogen-bond donors (Lipinski definition) is 1. The van der Waals surface area contributed by atoms with Gasteiger partial charge in [0.2, 0.25) is 0 Å². The number of fused-ring (bicyclic) bond motifs is 1. The minimum atomic E-state index is -3.00. The summed E-state index contributed by atoms with van der Waals surface area (Å²) in [5, 5.41) is 0. The van der Waals surface area contributed by atoms with E-state index in [9.17, 15) is 17.6 Å². The molecule has 1 fully saturated rings.